The Kier molecular flexibility index (Phi) is 3.84. The van der Waals surface area contributed by atoms with E-state index in [-0.39, 0.29) is 18.4 Å². The highest BCUT2D eigenvalue weighted by Gasteiger charge is 2.33. The van der Waals surface area contributed by atoms with E-state index in [9.17, 15) is 14.4 Å². The average molecular weight is 328 g/mol. The third-order valence-electron chi connectivity index (χ3n) is 2.57. The smallest absolute Gasteiger partial charge is 0.365 e. The molecule has 0 unspecified atom stereocenters. The number of carbonyl (C=O) groups excluding carboxylic acids is 3. The van der Waals surface area contributed by atoms with Crippen LogP contribution in [0.2, 0.25) is 0 Å². The number of imide groups is 1. The quantitative estimate of drug-likeness (QED) is 0.790. The molecule has 1 saturated heterocycles. The van der Waals surface area contributed by atoms with Crippen LogP contribution in [0.3, 0.4) is 0 Å². The van der Waals surface area contributed by atoms with E-state index in [1.165, 1.54) is 13.2 Å². The van der Waals surface area contributed by atoms with E-state index in [0.717, 1.165) is 0 Å². The molecule has 1 heterocycles. The van der Waals surface area contributed by atoms with Gasteiger partial charge in [-0.15, -0.1) is 5.06 Å². The van der Waals surface area contributed by atoms with Crippen LogP contribution in [0.15, 0.2) is 22.7 Å². The van der Waals surface area contributed by atoms with E-state index < -0.39 is 17.8 Å². The lowest BCUT2D eigenvalue weighted by atomic mass is 10.2. The summed E-state index contributed by atoms with van der Waals surface area (Å²) in [6, 6.07) is 4.73. The van der Waals surface area contributed by atoms with Crippen LogP contribution in [0.1, 0.15) is 23.2 Å². The molecule has 0 saturated carbocycles. The molecule has 0 atom stereocenters. The number of hydrogen-bond donors (Lipinski definition) is 0. The first-order valence-corrected chi connectivity index (χ1v) is 6.24. The Labute approximate surface area is 117 Å². The van der Waals surface area contributed by atoms with Gasteiger partial charge in [0.25, 0.3) is 11.8 Å². The Morgan fingerprint density at radius 2 is 1.89 bits per heavy atom. The van der Waals surface area contributed by atoms with Crippen molar-refractivity contribution in [3.05, 3.63) is 28.2 Å². The summed E-state index contributed by atoms with van der Waals surface area (Å²) in [6.07, 6.45) is 0.122. The number of nitrogens with zero attached hydrogens (tertiary/aromatic N) is 1. The highest BCUT2D eigenvalue weighted by Crippen LogP contribution is 2.24. The Hall–Kier alpha value is -1.89. The minimum atomic E-state index is -0.797. The van der Waals surface area contributed by atoms with Gasteiger partial charge in [-0.25, -0.2) is 4.79 Å². The fourth-order valence-electron chi connectivity index (χ4n) is 1.58. The molecule has 7 heteroatoms. The van der Waals surface area contributed by atoms with Gasteiger partial charge in [0.1, 0.15) is 5.75 Å². The van der Waals surface area contributed by atoms with Crippen LogP contribution < -0.4 is 4.74 Å². The molecular weight excluding hydrogens is 318 g/mol. The van der Waals surface area contributed by atoms with Crippen LogP contribution in [-0.2, 0) is 14.4 Å². The van der Waals surface area contributed by atoms with Gasteiger partial charge in [-0.05, 0) is 34.1 Å². The van der Waals surface area contributed by atoms with Crippen molar-refractivity contribution < 1.29 is 24.0 Å². The summed E-state index contributed by atoms with van der Waals surface area (Å²) in [4.78, 5) is 39.4. The lowest BCUT2D eigenvalue weighted by Gasteiger charge is -2.13. The average Bonchev–Trinajstić information content (AvgIpc) is 2.71. The van der Waals surface area contributed by atoms with Crippen molar-refractivity contribution in [2.45, 2.75) is 12.8 Å². The number of amides is 2. The molecule has 0 bridgehead atoms. The zero-order valence-corrected chi connectivity index (χ0v) is 11.6. The van der Waals surface area contributed by atoms with Crippen LogP contribution in [-0.4, -0.2) is 30.0 Å². The number of rotatable bonds is 3. The number of benzene rings is 1. The predicted octanol–water partition coefficient (Wildman–Crippen LogP) is 1.68. The first kappa shape index (κ1) is 13.5. The van der Waals surface area contributed by atoms with Gasteiger partial charge in [0.05, 0.1) is 12.7 Å². The van der Waals surface area contributed by atoms with Crippen LogP contribution >= 0.6 is 15.9 Å². The topological polar surface area (TPSA) is 72.9 Å². The van der Waals surface area contributed by atoms with Crippen molar-refractivity contribution in [1.29, 1.82) is 0 Å². The Balaban J connectivity index is 2.20. The number of methoxy groups -OCH3 is 1. The van der Waals surface area contributed by atoms with Gasteiger partial charge in [-0.2, -0.15) is 0 Å². The summed E-state index contributed by atoms with van der Waals surface area (Å²) >= 11 is 3.20. The Morgan fingerprint density at radius 3 is 2.47 bits per heavy atom. The van der Waals surface area contributed by atoms with Crippen molar-refractivity contribution in [2.24, 2.45) is 0 Å². The molecule has 1 aromatic rings. The highest BCUT2D eigenvalue weighted by atomic mass is 79.9. The second kappa shape index (κ2) is 5.40. The minimum Gasteiger partial charge on any atom is -0.497 e. The number of halogens is 1. The second-order valence-corrected chi connectivity index (χ2v) is 4.66. The Bertz CT molecular complexity index is 541. The summed E-state index contributed by atoms with van der Waals surface area (Å²) in [5.41, 5.74) is 0.173. The number of carbonyl (C=O) groups is 3. The molecule has 1 fully saturated rings. The molecule has 1 aliphatic heterocycles. The Morgan fingerprint density at radius 1 is 1.26 bits per heavy atom. The number of hydrogen-bond acceptors (Lipinski definition) is 5. The summed E-state index contributed by atoms with van der Waals surface area (Å²) in [7, 11) is 1.46. The summed E-state index contributed by atoms with van der Waals surface area (Å²) < 4.78 is 5.48. The van der Waals surface area contributed by atoms with Crippen molar-refractivity contribution in [1.82, 2.24) is 5.06 Å². The molecule has 0 radical (unpaired) electrons. The van der Waals surface area contributed by atoms with Crippen LogP contribution in [0.25, 0.3) is 0 Å². The van der Waals surface area contributed by atoms with Gasteiger partial charge in [-0.1, -0.05) is 0 Å². The third kappa shape index (κ3) is 2.76. The SMILES string of the molecule is COc1ccc(Br)c(C(=O)ON2C(=O)CCC2=O)c1. The molecule has 6 nitrogen and oxygen atoms in total. The number of hydroxylamine groups is 2. The van der Waals surface area contributed by atoms with E-state index >= 15 is 0 Å². The molecule has 1 aromatic carbocycles. The fourth-order valence-corrected chi connectivity index (χ4v) is 1.99. The van der Waals surface area contributed by atoms with Gasteiger partial charge >= 0.3 is 5.97 Å². The van der Waals surface area contributed by atoms with Crippen molar-refractivity contribution in [3.63, 3.8) is 0 Å². The maximum Gasteiger partial charge on any atom is 0.365 e. The molecule has 0 aliphatic carbocycles. The standard InChI is InChI=1S/C12H10BrNO5/c1-18-7-2-3-9(13)8(6-7)12(17)19-14-10(15)4-5-11(14)16/h2-3,6H,4-5H2,1H3. The molecule has 1 aliphatic rings. The monoisotopic (exact) mass is 327 g/mol. The first-order valence-electron chi connectivity index (χ1n) is 5.44. The third-order valence-corrected chi connectivity index (χ3v) is 3.26. The molecule has 100 valence electrons. The molecule has 0 spiro atoms. The lowest BCUT2D eigenvalue weighted by molar-refractivity contribution is -0.172. The van der Waals surface area contributed by atoms with E-state index in [0.29, 0.717) is 15.3 Å². The van der Waals surface area contributed by atoms with Crippen molar-refractivity contribution >= 4 is 33.7 Å². The van der Waals surface area contributed by atoms with Gasteiger partial charge in [0, 0.05) is 17.3 Å². The van der Waals surface area contributed by atoms with Crippen LogP contribution in [0, 0.1) is 0 Å². The van der Waals surface area contributed by atoms with E-state index in [4.69, 9.17) is 9.57 Å². The summed E-state index contributed by atoms with van der Waals surface area (Å²) in [5, 5.41) is 0.508. The molecule has 2 rings (SSSR count). The van der Waals surface area contributed by atoms with E-state index in [2.05, 4.69) is 15.9 Å². The highest BCUT2D eigenvalue weighted by molar-refractivity contribution is 9.10. The fraction of sp³-hybridized carbons (Fsp3) is 0.250. The molecule has 0 N–H and O–H groups in total. The number of ether oxygens (including phenoxy) is 1. The largest absolute Gasteiger partial charge is 0.497 e. The minimum absolute atomic E-state index is 0.0609. The normalized spacial score (nSPS) is 14.7. The molecule has 0 aromatic heterocycles. The van der Waals surface area contributed by atoms with Gasteiger partial charge in [-0.3, -0.25) is 9.59 Å². The van der Waals surface area contributed by atoms with E-state index in [1.54, 1.807) is 12.1 Å². The van der Waals surface area contributed by atoms with E-state index in [1.807, 2.05) is 0 Å². The van der Waals surface area contributed by atoms with Crippen LogP contribution in [0.4, 0.5) is 0 Å². The zero-order valence-electron chi connectivity index (χ0n) is 10.0. The summed E-state index contributed by atoms with van der Waals surface area (Å²) in [6.45, 7) is 0. The van der Waals surface area contributed by atoms with Gasteiger partial charge in [0.15, 0.2) is 0 Å². The van der Waals surface area contributed by atoms with Crippen molar-refractivity contribution in [3.8, 4) is 5.75 Å². The first-order chi connectivity index (χ1) is 9.02. The van der Waals surface area contributed by atoms with Gasteiger partial charge in [0.2, 0.25) is 0 Å². The maximum atomic E-state index is 11.9. The predicted molar refractivity (Wildman–Crippen MR) is 67.2 cm³/mol. The molecular formula is C12H10BrNO5. The van der Waals surface area contributed by atoms with Crippen LogP contribution in [0.5, 0.6) is 5.75 Å². The zero-order chi connectivity index (χ0) is 14.0. The second-order valence-electron chi connectivity index (χ2n) is 3.81. The molecule has 19 heavy (non-hydrogen) atoms. The van der Waals surface area contributed by atoms with Gasteiger partial charge < -0.3 is 9.57 Å². The summed E-state index contributed by atoms with van der Waals surface area (Å²) in [5.74, 6) is -1.36. The molecule has 2 amide bonds. The maximum absolute atomic E-state index is 11.9. The lowest BCUT2D eigenvalue weighted by Crippen LogP contribution is -2.32. The van der Waals surface area contributed by atoms with Crippen molar-refractivity contribution in [2.75, 3.05) is 7.11 Å².